The minimum atomic E-state index is -0.383. The van der Waals surface area contributed by atoms with Crippen LogP contribution in [-0.4, -0.2) is 11.2 Å². The van der Waals surface area contributed by atoms with Crippen LogP contribution in [0.3, 0.4) is 0 Å². The second kappa shape index (κ2) is 4.81. The molecule has 0 aromatic heterocycles. The molecule has 0 bridgehead atoms. The van der Waals surface area contributed by atoms with Gasteiger partial charge in [0.2, 0.25) is 5.70 Å². The molecule has 0 aliphatic carbocycles. The van der Waals surface area contributed by atoms with Crippen molar-refractivity contribution in [2.24, 2.45) is 0 Å². The first kappa shape index (κ1) is 10.8. The van der Waals surface area contributed by atoms with Gasteiger partial charge in [0.05, 0.1) is 4.92 Å². The second-order valence-corrected chi connectivity index (χ2v) is 3.70. The summed E-state index contributed by atoms with van der Waals surface area (Å²) in [5.41, 5.74) is 1.02. The molecule has 3 nitrogen and oxygen atoms in total. The number of rotatable bonds is 3. The number of thioether (sulfide) groups is 1. The van der Waals surface area contributed by atoms with Crippen LogP contribution in [0.2, 0.25) is 0 Å². The van der Waals surface area contributed by atoms with Crippen LogP contribution in [0, 0.1) is 10.1 Å². The van der Waals surface area contributed by atoms with Crippen molar-refractivity contribution < 1.29 is 4.92 Å². The number of allylic oxidation sites excluding steroid dienone is 1. The van der Waals surface area contributed by atoms with Gasteiger partial charge in [-0.1, -0.05) is 12.1 Å². The molecule has 14 heavy (non-hydrogen) atoms. The average Bonchev–Trinajstić information content (AvgIpc) is 2.18. The summed E-state index contributed by atoms with van der Waals surface area (Å²) < 4.78 is 0. The monoisotopic (exact) mass is 209 g/mol. The van der Waals surface area contributed by atoms with Crippen molar-refractivity contribution in [2.75, 3.05) is 6.26 Å². The van der Waals surface area contributed by atoms with E-state index in [0.29, 0.717) is 0 Å². The van der Waals surface area contributed by atoms with E-state index in [2.05, 4.69) is 0 Å². The molecule has 4 heteroatoms. The van der Waals surface area contributed by atoms with Crippen molar-refractivity contribution in [3.05, 3.63) is 45.6 Å². The number of hydrogen-bond donors (Lipinski definition) is 0. The molecule has 0 atom stereocenters. The van der Waals surface area contributed by atoms with Crippen LogP contribution in [0.25, 0.3) is 6.08 Å². The van der Waals surface area contributed by atoms with Gasteiger partial charge in [0, 0.05) is 17.9 Å². The van der Waals surface area contributed by atoms with Gasteiger partial charge in [-0.3, -0.25) is 10.1 Å². The molecule has 0 saturated heterocycles. The Morgan fingerprint density at radius 2 is 2.29 bits per heavy atom. The van der Waals surface area contributed by atoms with Gasteiger partial charge >= 0.3 is 0 Å². The third-order valence-electron chi connectivity index (χ3n) is 1.76. The molecule has 0 radical (unpaired) electrons. The Balaban J connectivity index is 2.97. The fourth-order valence-electron chi connectivity index (χ4n) is 1.03. The highest BCUT2D eigenvalue weighted by atomic mass is 32.2. The lowest BCUT2D eigenvalue weighted by Gasteiger charge is -1.97. The predicted molar refractivity (Wildman–Crippen MR) is 58.9 cm³/mol. The SMILES string of the molecule is CSc1cccc(C=C(C)[N+](=O)[O-])c1. The van der Waals surface area contributed by atoms with Crippen molar-refractivity contribution in [3.63, 3.8) is 0 Å². The second-order valence-electron chi connectivity index (χ2n) is 2.82. The standard InChI is InChI=1S/C10H11NO2S/c1-8(11(12)13)6-9-4-3-5-10(7-9)14-2/h3-7H,1-2H3. The van der Waals surface area contributed by atoms with Gasteiger partial charge in [0.15, 0.2) is 0 Å². The lowest BCUT2D eigenvalue weighted by Crippen LogP contribution is -1.92. The van der Waals surface area contributed by atoms with E-state index in [4.69, 9.17) is 0 Å². The third-order valence-corrected chi connectivity index (χ3v) is 2.48. The Morgan fingerprint density at radius 3 is 2.86 bits per heavy atom. The van der Waals surface area contributed by atoms with Gasteiger partial charge in [-0.05, 0) is 24.0 Å². The van der Waals surface area contributed by atoms with Crippen LogP contribution in [0.15, 0.2) is 34.9 Å². The molecule has 1 rings (SSSR count). The first-order chi connectivity index (χ1) is 6.63. The summed E-state index contributed by atoms with van der Waals surface area (Å²) in [5.74, 6) is 0. The quantitative estimate of drug-likeness (QED) is 0.436. The summed E-state index contributed by atoms with van der Waals surface area (Å²) in [5, 5.41) is 10.4. The van der Waals surface area contributed by atoms with Crippen molar-refractivity contribution in [2.45, 2.75) is 11.8 Å². The fourth-order valence-corrected chi connectivity index (χ4v) is 1.49. The van der Waals surface area contributed by atoms with Crippen LogP contribution >= 0.6 is 11.8 Å². The predicted octanol–water partition coefficient (Wildman–Crippen LogP) is 3.05. The summed E-state index contributed by atoms with van der Waals surface area (Å²) in [7, 11) is 0. The maximum absolute atomic E-state index is 10.4. The maximum atomic E-state index is 10.4. The molecule has 0 fully saturated rings. The molecular formula is C10H11NO2S. The van der Waals surface area contributed by atoms with Gasteiger partial charge in [0.1, 0.15) is 0 Å². The lowest BCUT2D eigenvalue weighted by atomic mass is 10.2. The zero-order valence-corrected chi connectivity index (χ0v) is 8.88. The van der Waals surface area contributed by atoms with Crippen LogP contribution < -0.4 is 0 Å². The molecule has 0 N–H and O–H groups in total. The van der Waals surface area contributed by atoms with Gasteiger partial charge in [-0.15, -0.1) is 11.8 Å². The van der Waals surface area contributed by atoms with Crippen molar-refractivity contribution in [1.82, 2.24) is 0 Å². The number of benzene rings is 1. The van der Waals surface area contributed by atoms with E-state index in [-0.39, 0.29) is 10.6 Å². The van der Waals surface area contributed by atoms with Crippen molar-refractivity contribution in [1.29, 1.82) is 0 Å². The summed E-state index contributed by atoms with van der Waals surface area (Å²) >= 11 is 1.62. The Labute approximate surface area is 87.0 Å². The Kier molecular flexibility index (Phi) is 3.71. The largest absolute Gasteiger partial charge is 0.259 e. The zero-order chi connectivity index (χ0) is 10.6. The smallest absolute Gasteiger partial charge is 0.243 e. The Bertz CT molecular complexity index is 374. The van der Waals surface area contributed by atoms with Crippen LogP contribution in [-0.2, 0) is 0 Å². The van der Waals surface area contributed by atoms with Crippen molar-refractivity contribution in [3.8, 4) is 0 Å². The minimum Gasteiger partial charge on any atom is -0.259 e. The normalized spacial score (nSPS) is 11.4. The van der Waals surface area contributed by atoms with Gasteiger partial charge in [-0.25, -0.2) is 0 Å². The molecule has 0 aliphatic rings. The minimum absolute atomic E-state index is 0.156. The highest BCUT2D eigenvalue weighted by Gasteiger charge is 2.01. The van der Waals surface area contributed by atoms with Crippen LogP contribution in [0.1, 0.15) is 12.5 Å². The summed E-state index contributed by atoms with van der Waals surface area (Å²) in [6.07, 6.45) is 3.54. The molecule has 0 aliphatic heterocycles. The van der Waals surface area contributed by atoms with Crippen LogP contribution in [0.5, 0.6) is 0 Å². The molecule has 74 valence electrons. The summed E-state index contributed by atoms with van der Waals surface area (Å²) in [4.78, 5) is 11.1. The number of hydrogen-bond acceptors (Lipinski definition) is 3. The molecule has 0 heterocycles. The van der Waals surface area contributed by atoms with Gasteiger partial charge in [-0.2, -0.15) is 0 Å². The van der Waals surface area contributed by atoms with Crippen molar-refractivity contribution >= 4 is 17.8 Å². The summed E-state index contributed by atoms with van der Waals surface area (Å²) in [6, 6.07) is 7.65. The maximum Gasteiger partial charge on any atom is 0.243 e. The molecule has 1 aromatic rings. The molecule has 0 spiro atoms. The van der Waals surface area contributed by atoms with Crippen LogP contribution in [0.4, 0.5) is 0 Å². The topological polar surface area (TPSA) is 43.1 Å². The first-order valence-electron chi connectivity index (χ1n) is 4.10. The Morgan fingerprint density at radius 1 is 1.57 bits per heavy atom. The van der Waals surface area contributed by atoms with E-state index in [1.165, 1.54) is 6.92 Å². The molecular weight excluding hydrogens is 198 g/mol. The number of nitrogens with zero attached hydrogens (tertiary/aromatic N) is 1. The third kappa shape index (κ3) is 2.88. The van der Waals surface area contributed by atoms with E-state index in [1.54, 1.807) is 17.8 Å². The Hall–Kier alpha value is -1.29. The number of nitro groups is 1. The average molecular weight is 209 g/mol. The zero-order valence-electron chi connectivity index (χ0n) is 8.06. The molecule has 1 aromatic carbocycles. The van der Waals surface area contributed by atoms with E-state index in [1.807, 2.05) is 30.5 Å². The lowest BCUT2D eigenvalue weighted by molar-refractivity contribution is -0.422. The molecule has 0 amide bonds. The highest BCUT2D eigenvalue weighted by molar-refractivity contribution is 7.98. The molecule has 0 saturated carbocycles. The van der Waals surface area contributed by atoms with E-state index < -0.39 is 0 Å². The highest BCUT2D eigenvalue weighted by Crippen LogP contribution is 2.17. The van der Waals surface area contributed by atoms with Gasteiger partial charge in [0.25, 0.3) is 0 Å². The van der Waals surface area contributed by atoms with E-state index in [0.717, 1.165) is 10.5 Å². The van der Waals surface area contributed by atoms with E-state index in [9.17, 15) is 10.1 Å². The molecule has 0 unspecified atom stereocenters. The van der Waals surface area contributed by atoms with Gasteiger partial charge < -0.3 is 0 Å². The first-order valence-corrected chi connectivity index (χ1v) is 5.32. The van der Waals surface area contributed by atoms with E-state index >= 15 is 0 Å². The summed E-state index contributed by atoms with van der Waals surface area (Å²) in [6.45, 7) is 1.49. The fraction of sp³-hybridized carbons (Fsp3) is 0.200.